The van der Waals surface area contributed by atoms with Crippen molar-refractivity contribution in [2.75, 3.05) is 25.9 Å². The fourth-order valence-corrected chi connectivity index (χ4v) is 4.19. The Labute approximate surface area is 150 Å². The van der Waals surface area contributed by atoms with Gasteiger partial charge in [-0.15, -0.1) is 24.2 Å². The molecule has 3 nitrogen and oxygen atoms in total. The summed E-state index contributed by atoms with van der Waals surface area (Å²) in [6.45, 7) is 5.19. The van der Waals surface area contributed by atoms with Crippen LogP contribution in [0.5, 0.6) is 0 Å². The number of carbonyl (C=O) groups excluding carboxylic acids is 1. The minimum atomic E-state index is 0. The molecule has 1 aliphatic heterocycles. The van der Waals surface area contributed by atoms with Gasteiger partial charge in [0.1, 0.15) is 0 Å². The van der Waals surface area contributed by atoms with E-state index >= 15 is 0 Å². The molecule has 1 aliphatic carbocycles. The lowest BCUT2D eigenvalue weighted by Crippen LogP contribution is -2.49. The van der Waals surface area contributed by atoms with E-state index < -0.39 is 0 Å². The van der Waals surface area contributed by atoms with Crippen LogP contribution in [0.1, 0.15) is 43.0 Å². The Bertz CT molecular complexity index is 542. The van der Waals surface area contributed by atoms with Gasteiger partial charge in [0, 0.05) is 24.0 Å². The fraction of sp³-hybridized carbons (Fsp3) is 0.611. The molecule has 1 saturated heterocycles. The zero-order chi connectivity index (χ0) is 15.6. The Morgan fingerprint density at radius 2 is 2.13 bits per heavy atom. The third-order valence-electron chi connectivity index (χ3n) is 5.19. The van der Waals surface area contributed by atoms with Crippen LogP contribution in [0.25, 0.3) is 0 Å². The maximum Gasteiger partial charge on any atom is 0.255 e. The van der Waals surface area contributed by atoms with Crippen LogP contribution >= 0.6 is 24.2 Å². The maximum absolute atomic E-state index is 13.2. The number of hydrogen-bond donors (Lipinski definition) is 1. The van der Waals surface area contributed by atoms with Crippen molar-refractivity contribution in [1.82, 2.24) is 10.2 Å². The number of amides is 1. The van der Waals surface area contributed by atoms with Gasteiger partial charge in [0.15, 0.2) is 0 Å². The first kappa shape index (κ1) is 18.6. The average Bonchev–Trinajstić information content (AvgIpc) is 3.04. The highest BCUT2D eigenvalue weighted by molar-refractivity contribution is 7.98. The molecule has 1 heterocycles. The van der Waals surface area contributed by atoms with Gasteiger partial charge >= 0.3 is 0 Å². The molecule has 5 heteroatoms. The summed E-state index contributed by atoms with van der Waals surface area (Å²) in [5, 5.41) is 3.41. The molecule has 128 valence electrons. The van der Waals surface area contributed by atoms with E-state index in [4.69, 9.17) is 0 Å². The molecule has 1 atom stereocenters. The van der Waals surface area contributed by atoms with E-state index in [1.807, 2.05) is 30.5 Å². The summed E-state index contributed by atoms with van der Waals surface area (Å²) in [6.07, 6.45) is 6.93. The molecule has 23 heavy (non-hydrogen) atoms. The van der Waals surface area contributed by atoms with Crippen molar-refractivity contribution >= 4 is 30.1 Å². The molecule has 2 aliphatic rings. The lowest BCUT2D eigenvalue weighted by molar-refractivity contribution is 0.0422. The molecule has 0 unspecified atom stereocenters. The molecule has 1 aromatic rings. The number of halogens is 1. The van der Waals surface area contributed by atoms with E-state index in [0.29, 0.717) is 11.5 Å². The van der Waals surface area contributed by atoms with Crippen LogP contribution in [-0.2, 0) is 0 Å². The third kappa shape index (κ3) is 4.04. The van der Waals surface area contributed by atoms with Crippen molar-refractivity contribution in [3.05, 3.63) is 29.8 Å². The lowest BCUT2D eigenvalue weighted by Gasteiger charge is -2.44. The number of rotatable bonds is 5. The Balaban J connectivity index is 0.00000192. The van der Waals surface area contributed by atoms with Gasteiger partial charge in [-0.1, -0.05) is 25.5 Å². The molecule has 1 aromatic carbocycles. The van der Waals surface area contributed by atoms with Crippen LogP contribution in [-0.4, -0.2) is 42.7 Å². The molecule has 1 N–H and O–H groups in total. The van der Waals surface area contributed by atoms with Crippen molar-refractivity contribution in [2.24, 2.45) is 5.41 Å². The first-order chi connectivity index (χ1) is 10.6. The van der Waals surface area contributed by atoms with Crippen LogP contribution in [0, 0.1) is 5.41 Å². The van der Waals surface area contributed by atoms with Crippen LogP contribution in [0.2, 0.25) is 0 Å². The molecule has 0 bridgehead atoms. The summed E-state index contributed by atoms with van der Waals surface area (Å²) in [4.78, 5) is 16.5. The summed E-state index contributed by atoms with van der Waals surface area (Å²) in [7, 11) is 0. The van der Waals surface area contributed by atoms with Crippen molar-refractivity contribution in [1.29, 1.82) is 0 Å². The molecule has 2 fully saturated rings. The molecule has 0 aromatic heterocycles. The van der Waals surface area contributed by atoms with Crippen LogP contribution in [0.3, 0.4) is 0 Å². The largest absolute Gasteiger partial charge is 0.334 e. The minimum absolute atomic E-state index is 0. The third-order valence-corrected chi connectivity index (χ3v) is 5.98. The first-order valence-electron chi connectivity index (χ1n) is 8.28. The van der Waals surface area contributed by atoms with Crippen LogP contribution in [0.15, 0.2) is 29.2 Å². The summed E-state index contributed by atoms with van der Waals surface area (Å²) < 4.78 is 0. The summed E-state index contributed by atoms with van der Waals surface area (Å²) in [5.41, 5.74) is 1.19. The van der Waals surface area contributed by atoms with Crippen LogP contribution < -0.4 is 5.32 Å². The van der Waals surface area contributed by atoms with E-state index in [2.05, 4.69) is 17.1 Å². The van der Waals surface area contributed by atoms with Gasteiger partial charge in [-0.2, -0.15) is 0 Å². The maximum atomic E-state index is 13.2. The van der Waals surface area contributed by atoms with E-state index in [9.17, 15) is 4.79 Å². The summed E-state index contributed by atoms with van der Waals surface area (Å²) in [6, 6.07) is 8.36. The molecule has 0 spiro atoms. The minimum Gasteiger partial charge on any atom is -0.334 e. The second-order valence-corrected chi connectivity index (χ2v) is 7.79. The molecule has 1 saturated carbocycles. The van der Waals surface area contributed by atoms with E-state index in [-0.39, 0.29) is 18.3 Å². The summed E-state index contributed by atoms with van der Waals surface area (Å²) in [5.74, 6) is 0.215. The Kier molecular flexibility index (Phi) is 6.40. The van der Waals surface area contributed by atoms with Gasteiger partial charge < -0.3 is 10.2 Å². The number of carbonyl (C=O) groups is 1. The Morgan fingerprint density at radius 3 is 2.70 bits per heavy atom. The first-order valence-corrected chi connectivity index (χ1v) is 9.50. The smallest absolute Gasteiger partial charge is 0.255 e. The standard InChI is InChI=1S/C18H26N2OS.ClH/c1-18(9-5-10-18)13-20(14-8-11-19-12-14)17(21)15-6-3-4-7-16(15)22-2;/h3-4,6-7,14,19H,5,8-13H2,1-2H3;1H/t14-;/m0./s1. The SMILES string of the molecule is CSc1ccccc1C(=O)N(CC1(C)CCC1)[C@H]1CCNC1.Cl. The number of nitrogens with zero attached hydrogens (tertiary/aromatic N) is 1. The topological polar surface area (TPSA) is 32.3 Å². The molecule has 1 amide bonds. The second-order valence-electron chi connectivity index (χ2n) is 6.94. The van der Waals surface area contributed by atoms with Crippen molar-refractivity contribution in [2.45, 2.75) is 43.5 Å². The quantitative estimate of drug-likeness (QED) is 0.816. The predicted octanol–water partition coefficient (Wildman–Crippen LogP) is 3.82. The van der Waals surface area contributed by atoms with Gasteiger partial charge in [0.2, 0.25) is 0 Å². The van der Waals surface area contributed by atoms with Crippen molar-refractivity contribution < 1.29 is 4.79 Å². The summed E-state index contributed by atoms with van der Waals surface area (Å²) >= 11 is 1.66. The second kappa shape index (κ2) is 7.91. The van der Waals surface area contributed by atoms with E-state index in [1.165, 1.54) is 19.3 Å². The normalized spacial score (nSPS) is 22.1. The van der Waals surface area contributed by atoms with Crippen molar-refractivity contribution in [3.63, 3.8) is 0 Å². The van der Waals surface area contributed by atoms with Gasteiger partial charge in [0.05, 0.1) is 5.56 Å². The Morgan fingerprint density at radius 1 is 1.39 bits per heavy atom. The van der Waals surface area contributed by atoms with Gasteiger partial charge in [-0.3, -0.25) is 4.79 Å². The van der Waals surface area contributed by atoms with Crippen LogP contribution in [0.4, 0.5) is 0 Å². The number of benzene rings is 1. The Hall–Kier alpha value is -0.710. The van der Waals surface area contributed by atoms with E-state index in [1.54, 1.807) is 11.8 Å². The fourth-order valence-electron chi connectivity index (χ4n) is 3.60. The molecule has 3 rings (SSSR count). The molecular weight excluding hydrogens is 328 g/mol. The number of hydrogen-bond acceptors (Lipinski definition) is 3. The highest BCUT2D eigenvalue weighted by atomic mass is 35.5. The number of thioether (sulfide) groups is 1. The van der Waals surface area contributed by atoms with Gasteiger partial charge in [0.25, 0.3) is 5.91 Å². The van der Waals surface area contributed by atoms with E-state index in [0.717, 1.165) is 36.5 Å². The molecular formula is C18H27ClN2OS. The van der Waals surface area contributed by atoms with Gasteiger partial charge in [-0.05, 0) is 49.6 Å². The lowest BCUT2D eigenvalue weighted by atomic mass is 9.70. The highest BCUT2D eigenvalue weighted by Crippen LogP contribution is 2.41. The predicted molar refractivity (Wildman–Crippen MR) is 99.7 cm³/mol. The zero-order valence-corrected chi connectivity index (χ0v) is 15.6. The highest BCUT2D eigenvalue weighted by Gasteiger charge is 2.38. The average molecular weight is 355 g/mol. The zero-order valence-electron chi connectivity index (χ0n) is 14.0. The number of nitrogens with one attached hydrogen (secondary N) is 1. The van der Waals surface area contributed by atoms with Gasteiger partial charge in [-0.25, -0.2) is 0 Å². The van der Waals surface area contributed by atoms with Crippen molar-refractivity contribution in [3.8, 4) is 0 Å². The monoisotopic (exact) mass is 354 g/mol. The molecule has 0 radical (unpaired) electrons.